The van der Waals surface area contributed by atoms with Crippen molar-refractivity contribution >= 4 is 27.5 Å². The Balaban J connectivity index is 2.05. The number of halogens is 4. The van der Waals surface area contributed by atoms with Crippen molar-refractivity contribution in [1.29, 1.82) is 0 Å². The van der Waals surface area contributed by atoms with Crippen LogP contribution in [-0.2, 0) is 16.2 Å². The van der Waals surface area contributed by atoms with Crippen molar-refractivity contribution in [1.82, 2.24) is 9.78 Å². The number of benzene rings is 2. The lowest BCUT2D eigenvalue weighted by molar-refractivity contribution is -0.218. The molecule has 1 aromatic heterocycles. The first kappa shape index (κ1) is 22.8. The summed E-state index contributed by atoms with van der Waals surface area (Å²) in [5, 5.41) is 15.6. The van der Waals surface area contributed by atoms with E-state index in [2.05, 4.69) is 9.50 Å². The Hall–Kier alpha value is -2.85. The predicted octanol–water partition coefficient (Wildman–Crippen LogP) is 4.46. The van der Waals surface area contributed by atoms with E-state index in [0.717, 1.165) is 22.9 Å². The highest BCUT2D eigenvalue weighted by molar-refractivity contribution is 7.90. The highest BCUT2D eigenvalue weighted by atomic mass is 35.5. The van der Waals surface area contributed by atoms with Crippen LogP contribution in [-0.4, -0.2) is 24.1 Å². The van der Waals surface area contributed by atoms with E-state index in [1.807, 2.05) is 0 Å². The van der Waals surface area contributed by atoms with E-state index in [9.17, 15) is 26.7 Å². The molecule has 0 saturated carbocycles. The average molecular weight is 471 g/mol. The van der Waals surface area contributed by atoms with Crippen LogP contribution in [0.15, 0.2) is 63.9 Å². The number of hydrogen-bond donors (Lipinski definition) is 0. The molecule has 0 fully saturated rings. The summed E-state index contributed by atoms with van der Waals surface area (Å²) in [6, 6.07) is 12.0. The third kappa shape index (κ3) is 5.26. The van der Waals surface area contributed by atoms with Crippen LogP contribution < -0.4 is 5.11 Å². The van der Waals surface area contributed by atoms with Crippen molar-refractivity contribution in [2.45, 2.75) is 30.8 Å². The van der Waals surface area contributed by atoms with Crippen LogP contribution >= 0.6 is 11.6 Å². The van der Waals surface area contributed by atoms with Gasteiger partial charge in [0.2, 0.25) is 0 Å². The molecule has 6 nitrogen and oxygen atoms in total. The highest BCUT2D eigenvalue weighted by Gasteiger charge is 2.35. The number of sulfonamides is 1. The standard InChI is InChI=1S/C20H17ClF3N3O3S/c1-2-3-19(28)26-31(29,30)16-10-8-15(9-11-16)27-17(12-18(25-27)20(22,23)24)13-4-6-14(21)7-5-13/h4-12H,2-3H2,1H3,(H,26,28)/p-1. The Labute approximate surface area is 181 Å². The van der Waals surface area contributed by atoms with Gasteiger partial charge in [-0.05, 0) is 54.8 Å². The molecule has 11 heteroatoms. The second-order valence-corrected chi connectivity index (χ2v) is 8.58. The maximum atomic E-state index is 13.3. The van der Waals surface area contributed by atoms with E-state index < -0.39 is 27.8 Å². The van der Waals surface area contributed by atoms with Crippen LogP contribution in [0, 0.1) is 0 Å². The first-order chi connectivity index (χ1) is 14.5. The summed E-state index contributed by atoms with van der Waals surface area (Å²) in [6.45, 7) is 1.71. The Morgan fingerprint density at radius 1 is 1.13 bits per heavy atom. The predicted molar refractivity (Wildman–Crippen MR) is 109 cm³/mol. The van der Waals surface area contributed by atoms with Gasteiger partial charge in [0.15, 0.2) is 5.69 Å². The smallest absolute Gasteiger partial charge is 0.435 e. The molecule has 0 radical (unpaired) electrons. The number of alkyl halides is 3. The van der Waals surface area contributed by atoms with E-state index in [0.29, 0.717) is 17.0 Å². The highest BCUT2D eigenvalue weighted by Crippen LogP contribution is 2.33. The molecule has 164 valence electrons. The van der Waals surface area contributed by atoms with Gasteiger partial charge in [0.25, 0.3) is 10.0 Å². The van der Waals surface area contributed by atoms with Gasteiger partial charge in [-0.15, -0.1) is 0 Å². The lowest BCUT2D eigenvalue weighted by Gasteiger charge is -2.10. The van der Waals surface area contributed by atoms with Gasteiger partial charge < -0.3 is 5.11 Å². The maximum absolute atomic E-state index is 13.3. The van der Waals surface area contributed by atoms with Gasteiger partial charge in [0.05, 0.1) is 16.3 Å². The molecule has 0 atom stereocenters. The molecule has 1 heterocycles. The van der Waals surface area contributed by atoms with Crippen molar-refractivity contribution in [3.05, 3.63) is 65.3 Å². The molecule has 0 aliphatic heterocycles. The quantitative estimate of drug-likeness (QED) is 0.393. The van der Waals surface area contributed by atoms with Gasteiger partial charge >= 0.3 is 6.18 Å². The molecular formula is C20H16ClF3N3O3S-. The topological polar surface area (TPSA) is 87.4 Å². The number of rotatable bonds is 6. The van der Waals surface area contributed by atoms with Crippen molar-refractivity contribution in [3.63, 3.8) is 0 Å². The largest absolute Gasteiger partial charge is 0.861 e. The summed E-state index contributed by atoms with van der Waals surface area (Å²) in [7, 11) is -4.21. The van der Waals surface area contributed by atoms with Crippen LogP contribution in [0.5, 0.6) is 0 Å². The molecule has 2 aromatic carbocycles. The molecule has 3 rings (SSSR count). The van der Waals surface area contributed by atoms with Gasteiger partial charge in [-0.1, -0.05) is 37.1 Å². The molecule has 0 N–H and O–H groups in total. The molecule has 0 amide bonds. The Morgan fingerprint density at radius 3 is 2.29 bits per heavy atom. The molecule has 0 aliphatic rings. The minimum Gasteiger partial charge on any atom is -0.861 e. The fraction of sp³-hybridized carbons (Fsp3) is 0.200. The molecule has 0 saturated heterocycles. The minimum absolute atomic E-state index is 0.00469. The molecule has 0 unspecified atom stereocenters. The fourth-order valence-corrected chi connectivity index (χ4v) is 3.82. The van der Waals surface area contributed by atoms with Gasteiger partial charge in [0, 0.05) is 10.6 Å². The van der Waals surface area contributed by atoms with Crippen LogP contribution in [0.2, 0.25) is 5.02 Å². The first-order valence-corrected chi connectivity index (χ1v) is 10.9. The van der Waals surface area contributed by atoms with Crippen molar-refractivity contribution in [2.75, 3.05) is 0 Å². The lowest BCUT2D eigenvalue weighted by Crippen LogP contribution is -2.19. The maximum Gasteiger partial charge on any atom is 0.435 e. The summed E-state index contributed by atoms with van der Waals surface area (Å²) in [6.07, 6.45) is -4.23. The van der Waals surface area contributed by atoms with E-state index >= 15 is 0 Å². The SMILES string of the molecule is CCC/C([O-])=N\S(=O)(=O)c1ccc(-n2nc(C(F)(F)F)cc2-c2ccc(Cl)cc2)cc1. The number of aromatic nitrogens is 2. The van der Waals surface area contributed by atoms with E-state index in [1.54, 1.807) is 19.1 Å². The van der Waals surface area contributed by atoms with Crippen LogP contribution in [0.1, 0.15) is 25.5 Å². The van der Waals surface area contributed by atoms with E-state index in [4.69, 9.17) is 11.6 Å². The normalized spacial score (nSPS) is 12.9. The summed E-state index contributed by atoms with van der Waals surface area (Å²) in [5.74, 6) is -0.765. The molecule has 0 spiro atoms. The van der Waals surface area contributed by atoms with Crippen LogP contribution in [0.25, 0.3) is 16.9 Å². The van der Waals surface area contributed by atoms with Gasteiger partial charge in [-0.3, -0.25) is 0 Å². The zero-order valence-corrected chi connectivity index (χ0v) is 17.7. The summed E-state index contributed by atoms with van der Waals surface area (Å²) >= 11 is 5.86. The lowest BCUT2D eigenvalue weighted by atomic mass is 10.1. The summed E-state index contributed by atoms with van der Waals surface area (Å²) in [5.41, 5.74) is -0.333. The zero-order chi connectivity index (χ0) is 22.8. The fourth-order valence-electron chi connectivity index (χ4n) is 2.75. The molecule has 0 bridgehead atoms. The Bertz CT molecular complexity index is 1200. The number of hydrogen-bond acceptors (Lipinski definition) is 4. The first-order valence-electron chi connectivity index (χ1n) is 9.06. The monoisotopic (exact) mass is 470 g/mol. The second kappa shape index (κ2) is 8.72. The molecule has 0 aliphatic carbocycles. The minimum atomic E-state index is -4.67. The molecule has 31 heavy (non-hydrogen) atoms. The number of nitrogens with zero attached hydrogens (tertiary/aromatic N) is 3. The van der Waals surface area contributed by atoms with Crippen LogP contribution in [0.3, 0.4) is 0 Å². The Morgan fingerprint density at radius 2 is 1.74 bits per heavy atom. The van der Waals surface area contributed by atoms with Crippen molar-refractivity contribution in [3.8, 4) is 16.9 Å². The average Bonchev–Trinajstić information content (AvgIpc) is 3.14. The van der Waals surface area contributed by atoms with E-state index in [-0.39, 0.29) is 22.7 Å². The molecule has 3 aromatic rings. The van der Waals surface area contributed by atoms with Crippen molar-refractivity contribution < 1.29 is 26.7 Å². The van der Waals surface area contributed by atoms with Gasteiger partial charge in [-0.2, -0.15) is 31.1 Å². The van der Waals surface area contributed by atoms with Crippen molar-refractivity contribution in [2.24, 2.45) is 4.40 Å². The summed E-state index contributed by atoms with van der Waals surface area (Å²) < 4.78 is 68.6. The Kier molecular flexibility index (Phi) is 6.42. The molecular weight excluding hydrogens is 455 g/mol. The zero-order valence-electron chi connectivity index (χ0n) is 16.1. The summed E-state index contributed by atoms with van der Waals surface area (Å²) in [4.78, 5) is -0.253. The van der Waals surface area contributed by atoms with Gasteiger partial charge in [0.1, 0.15) is 0 Å². The van der Waals surface area contributed by atoms with Crippen LogP contribution in [0.4, 0.5) is 13.2 Å². The third-order valence-electron chi connectivity index (χ3n) is 4.20. The van der Waals surface area contributed by atoms with E-state index in [1.165, 1.54) is 24.3 Å². The second-order valence-electron chi connectivity index (χ2n) is 6.54. The van der Waals surface area contributed by atoms with Gasteiger partial charge in [-0.25, -0.2) is 4.68 Å². The third-order valence-corrected chi connectivity index (χ3v) is 5.77.